The van der Waals surface area contributed by atoms with Gasteiger partial charge in [0.25, 0.3) is 0 Å². The Morgan fingerprint density at radius 2 is 2.11 bits per heavy atom. The Morgan fingerprint density at radius 3 is 2.81 bits per heavy atom. The molecule has 142 valence electrons. The smallest absolute Gasteiger partial charge is 0.191 e. The van der Waals surface area contributed by atoms with Gasteiger partial charge in [0.05, 0.1) is 5.75 Å². The number of rotatable bonds is 9. The highest BCUT2D eigenvalue weighted by Gasteiger charge is 2.17. The number of aromatic nitrogens is 4. The summed E-state index contributed by atoms with van der Waals surface area (Å²) in [6.45, 7) is 11.3. The minimum Gasteiger partial charge on any atom is -0.348 e. The summed E-state index contributed by atoms with van der Waals surface area (Å²) < 4.78 is 4.21. The van der Waals surface area contributed by atoms with Crippen LogP contribution in [0.25, 0.3) is 0 Å². The lowest BCUT2D eigenvalue weighted by molar-refractivity contribution is 0.102. The molecule has 0 spiro atoms. The molecule has 0 saturated heterocycles. The van der Waals surface area contributed by atoms with Crippen LogP contribution in [0.15, 0.2) is 41.4 Å². The Bertz CT molecular complexity index is 938. The van der Waals surface area contributed by atoms with Crippen molar-refractivity contribution < 1.29 is 4.79 Å². The third-order valence-electron chi connectivity index (χ3n) is 4.58. The van der Waals surface area contributed by atoms with Crippen LogP contribution in [-0.4, -0.2) is 30.9 Å². The molecular formula is C20H24N4OS2. The van der Waals surface area contributed by atoms with Crippen molar-refractivity contribution in [1.29, 1.82) is 0 Å². The van der Waals surface area contributed by atoms with Crippen LogP contribution in [0.3, 0.4) is 0 Å². The standard InChI is InChI=1S/C20H24N4OS2/c1-5-9-24-16(4)21-22-20(24)27-13-19(25)18-12-14(2)23(15(18)3)10-8-17-7-6-11-26-17/h5-7,11-12H,1,8-10,13H2,2-4H3. The number of nitrogens with zero attached hydrogens (tertiary/aromatic N) is 4. The molecule has 0 amide bonds. The Hall–Kier alpha value is -2.12. The van der Waals surface area contributed by atoms with E-state index in [0.29, 0.717) is 12.3 Å². The molecule has 0 fully saturated rings. The van der Waals surface area contributed by atoms with Crippen molar-refractivity contribution >= 4 is 28.9 Å². The van der Waals surface area contributed by atoms with E-state index in [0.717, 1.165) is 40.9 Å². The normalized spacial score (nSPS) is 11.1. The van der Waals surface area contributed by atoms with Crippen molar-refractivity contribution in [3.63, 3.8) is 0 Å². The molecule has 0 bridgehead atoms. The van der Waals surface area contributed by atoms with Crippen molar-refractivity contribution in [2.45, 2.75) is 45.4 Å². The maximum absolute atomic E-state index is 12.8. The Balaban J connectivity index is 1.68. The van der Waals surface area contributed by atoms with Gasteiger partial charge in [0.1, 0.15) is 5.82 Å². The summed E-state index contributed by atoms with van der Waals surface area (Å²) in [7, 11) is 0. The van der Waals surface area contributed by atoms with Crippen molar-refractivity contribution in [2.75, 3.05) is 5.75 Å². The molecule has 0 saturated carbocycles. The first kappa shape index (κ1) is 19.6. The summed E-state index contributed by atoms with van der Waals surface area (Å²) in [5.74, 6) is 1.31. The van der Waals surface area contributed by atoms with Crippen LogP contribution in [0.1, 0.15) is 32.4 Å². The van der Waals surface area contributed by atoms with Crippen molar-refractivity contribution in [1.82, 2.24) is 19.3 Å². The molecular weight excluding hydrogens is 376 g/mol. The molecule has 0 aliphatic heterocycles. The van der Waals surface area contributed by atoms with Crippen molar-refractivity contribution in [3.8, 4) is 0 Å². The van der Waals surface area contributed by atoms with Crippen LogP contribution in [0, 0.1) is 20.8 Å². The first-order valence-electron chi connectivity index (χ1n) is 8.87. The molecule has 3 heterocycles. The molecule has 3 aromatic rings. The maximum atomic E-state index is 12.8. The van der Waals surface area contributed by atoms with Gasteiger partial charge in [-0.05, 0) is 44.7 Å². The van der Waals surface area contributed by atoms with E-state index in [4.69, 9.17) is 0 Å². The quantitative estimate of drug-likeness (QED) is 0.302. The van der Waals surface area contributed by atoms with Crippen LogP contribution in [0.5, 0.6) is 0 Å². The number of carbonyl (C=O) groups is 1. The molecule has 0 N–H and O–H groups in total. The lowest BCUT2D eigenvalue weighted by atomic mass is 10.2. The molecule has 0 radical (unpaired) electrons. The fourth-order valence-electron chi connectivity index (χ4n) is 3.12. The minimum absolute atomic E-state index is 0.126. The van der Waals surface area contributed by atoms with Crippen LogP contribution >= 0.6 is 23.1 Å². The highest BCUT2D eigenvalue weighted by atomic mass is 32.2. The predicted octanol–water partition coefficient (Wildman–Crippen LogP) is 4.47. The Morgan fingerprint density at radius 1 is 1.30 bits per heavy atom. The van der Waals surface area contributed by atoms with Crippen molar-refractivity contribution in [2.24, 2.45) is 0 Å². The Labute approximate surface area is 168 Å². The van der Waals surface area contributed by atoms with Gasteiger partial charge in [-0.3, -0.25) is 4.79 Å². The number of ketones is 1. The van der Waals surface area contributed by atoms with Crippen LogP contribution in [0.2, 0.25) is 0 Å². The van der Waals surface area contributed by atoms with Gasteiger partial charge in [0.15, 0.2) is 10.9 Å². The second kappa shape index (κ2) is 8.71. The van der Waals surface area contributed by atoms with E-state index in [1.54, 1.807) is 11.3 Å². The highest BCUT2D eigenvalue weighted by molar-refractivity contribution is 7.99. The highest BCUT2D eigenvalue weighted by Crippen LogP contribution is 2.22. The minimum atomic E-state index is 0.126. The molecule has 7 heteroatoms. The van der Waals surface area contributed by atoms with Gasteiger partial charge in [-0.2, -0.15) is 0 Å². The van der Waals surface area contributed by atoms with E-state index in [2.05, 4.69) is 45.8 Å². The summed E-state index contributed by atoms with van der Waals surface area (Å²) >= 11 is 3.20. The number of allylic oxidation sites excluding steroid dienone is 1. The number of hydrogen-bond acceptors (Lipinski definition) is 5. The zero-order chi connectivity index (χ0) is 19.4. The largest absolute Gasteiger partial charge is 0.348 e. The molecule has 3 rings (SSSR count). The average Bonchev–Trinajstić information content (AvgIpc) is 3.34. The van der Waals surface area contributed by atoms with Gasteiger partial charge in [0.2, 0.25) is 0 Å². The topological polar surface area (TPSA) is 52.7 Å². The van der Waals surface area contributed by atoms with Crippen molar-refractivity contribution in [3.05, 3.63) is 63.9 Å². The van der Waals surface area contributed by atoms with E-state index in [9.17, 15) is 4.79 Å². The summed E-state index contributed by atoms with van der Waals surface area (Å²) in [6, 6.07) is 6.24. The molecule has 27 heavy (non-hydrogen) atoms. The van der Waals surface area contributed by atoms with E-state index in [1.807, 2.05) is 30.6 Å². The Kier molecular flexibility index (Phi) is 6.34. The van der Waals surface area contributed by atoms with Crippen LogP contribution in [-0.2, 0) is 19.5 Å². The first-order chi connectivity index (χ1) is 13.0. The van der Waals surface area contributed by atoms with Gasteiger partial charge in [0, 0.05) is 34.9 Å². The summed E-state index contributed by atoms with van der Waals surface area (Å²) in [4.78, 5) is 14.2. The molecule has 0 unspecified atom stereocenters. The third kappa shape index (κ3) is 4.42. The SMILES string of the molecule is C=CCn1c(C)nnc1SCC(=O)c1cc(C)n(CCc2cccs2)c1C. The molecule has 0 aliphatic rings. The van der Waals surface area contributed by atoms with E-state index in [-0.39, 0.29) is 5.78 Å². The predicted molar refractivity (Wildman–Crippen MR) is 112 cm³/mol. The van der Waals surface area contributed by atoms with Crippen LogP contribution in [0.4, 0.5) is 0 Å². The average molecular weight is 401 g/mol. The summed E-state index contributed by atoms with van der Waals surface area (Å²) in [6.07, 6.45) is 2.80. The molecule has 0 aliphatic carbocycles. The number of carbonyl (C=O) groups excluding carboxylic acids is 1. The number of thiophene rings is 1. The molecule has 5 nitrogen and oxygen atoms in total. The van der Waals surface area contributed by atoms with Crippen LogP contribution < -0.4 is 0 Å². The van der Waals surface area contributed by atoms with Gasteiger partial charge < -0.3 is 9.13 Å². The second-order valence-corrected chi connectivity index (χ2v) is 8.38. The van der Waals surface area contributed by atoms with Gasteiger partial charge >= 0.3 is 0 Å². The van der Waals surface area contributed by atoms with E-state index >= 15 is 0 Å². The number of thioether (sulfide) groups is 1. The molecule has 3 aromatic heterocycles. The summed E-state index contributed by atoms with van der Waals surface area (Å²) in [5, 5.41) is 11.1. The fraction of sp³-hybridized carbons (Fsp3) is 0.350. The fourth-order valence-corrected chi connectivity index (χ4v) is 4.69. The maximum Gasteiger partial charge on any atom is 0.191 e. The van der Waals surface area contributed by atoms with Gasteiger partial charge in [-0.25, -0.2) is 0 Å². The number of Topliss-reactive ketones (excluding diaryl/α,β-unsaturated/α-hetero) is 1. The molecule has 0 atom stereocenters. The third-order valence-corrected chi connectivity index (χ3v) is 6.48. The molecule has 0 aromatic carbocycles. The van der Waals surface area contributed by atoms with E-state index in [1.165, 1.54) is 16.6 Å². The lowest BCUT2D eigenvalue weighted by Gasteiger charge is -2.09. The zero-order valence-electron chi connectivity index (χ0n) is 15.9. The van der Waals surface area contributed by atoms with E-state index < -0.39 is 0 Å². The lowest BCUT2D eigenvalue weighted by Crippen LogP contribution is -2.09. The first-order valence-corrected chi connectivity index (χ1v) is 10.7. The monoisotopic (exact) mass is 400 g/mol. The second-order valence-electron chi connectivity index (χ2n) is 6.41. The van der Waals surface area contributed by atoms with Gasteiger partial charge in [-0.1, -0.05) is 23.9 Å². The van der Waals surface area contributed by atoms with Gasteiger partial charge in [-0.15, -0.1) is 28.1 Å². The number of hydrogen-bond donors (Lipinski definition) is 0. The summed E-state index contributed by atoms with van der Waals surface area (Å²) in [5.41, 5.74) is 2.97. The zero-order valence-corrected chi connectivity index (χ0v) is 17.6. The number of aryl methyl sites for hydroxylation is 3.